The molecule has 0 bridgehead atoms. The van der Waals surface area contributed by atoms with Crippen LogP contribution in [0.25, 0.3) is 10.9 Å². The van der Waals surface area contributed by atoms with Crippen LogP contribution in [0.3, 0.4) is 0 Å². The zero-order valence-corrected chi connectivity index (χ0v) is 16.2. The van der Waals surface area contributed by atoms with Gasteiger partial charge in [-0.15, -0.1) is 0 Å². The van der Waals surface area contributed by atoms with Crippen LogP contribution in [0.5, 0.6) is 11.6 Å². The molecule has 0 radical (unpaired) electrons. The van der Waals surface area contributed by atoms with Crippen molar-refractivity contribution in [2.24, 2.45) is 5.92 Å². The molecule has 3 aromatic rings. The Balaban J connectivity index is 1.66. The number of rotatable bonds is 5. The molecule has 1 aromatic carbocycles. The Morgan fingerprint density at radius 3 is 2.67 bits per heavy atom. The molecular weight excluding hydrogens is 390 g/mol. The van der Waals surface area contributed by atoms with Gasteiger partial charge >= 0.3 is 17.5 Å². The van der Waals surface area contributed by atoms with Crippen LogP contribution in [0.2, 0.25) is 0 Å². The summed E-state index contributed by atoms with van der Waals surface area (Å²) < 4.78 is 10.6. The first kappa shape index (κ1) is 19.5. The summed E-state index contributed by atoms with van der Waals surface area (Å²) in [6.45, 7) is 0.875. The number of nitro groups is 1. The molecule has 0 aliphatic carbocycles. The van der Waals surface area contributed by atoms with Crippen molar-refractivity contribution >= 4 is 28.4 Å². The number of hydrogen-bond donors (Lipinski definition) is 0. The van der Waals surface area contributed by atoms with Crippen molar-refractivity contribution in [3.05, 3.63) is 53.0 Å². The Morgan fingerprint density at radius 1 is 1.17 bits per heavy atom. The number of ether oxygens (including phenoxy) is 2. The predicted molar refractivity (Wildman–Crippen MR) is 107 cm³/mol. The van der Waals surface area contributed by atoms with Crippen LogP contribution in [0, 0.1) is 16.0 Å². The fourth-order valence-corrected chi connectivity index (χ4v) is 3.58. The molecule has 0 amide bonds. The summed E-state index contributed by atoms with van der Waals surface area (Å²) in [5.41, 5.74) is 0.260. The summed E-state index contributed by atoms with van der Waals surface area (Å²) in [7, 11) is 1.36. The van der Waals surface area contributed by atoms with Crippen molar-refractivity contribution in [3.8, 4) is 11.6 Å². The standard InChI is InChI=1S/C20H19N5O5/c1-29-20(26)14-7-10-24(11-8-14)18-17(25(27)28)19(23-12-22-18)30-15-6-2-4-13-5-3-9-21-16(13)15/h2-6,9,12,14H,7-8,10-11H2,1H3. The van der Waals surface area contributed by atoms with Crippen molar-refractivity contribution < 1.29 is 19.2 Å². The lowest BCUT2D eigenvalue weighted by Gasteiger charge is -2.31. The average molecular weight is 409 g/mol. The van der Waals surface area contributed by atoms with Crippen molar-refractivity contribution in [3.63, 3.8) is 0 Å². The molecule has 2 aromatic heterocycles. The first-order valence-corrected chi connectivity index (χ1v) is 9.42. The Hall–Kier alpha value is -3.82. The Kier molecular flexibility index (Phi) is 5.38. The molecule has 30 heavy (non-hydrogen) atoms. The monoisotopic (exact) mass is 409 g/mol. The van der Waals surface area contributed by atoms with Gasteiger partial charge in [0.05, 0.1) is 18.0 Å². The molecule has 1 aliphatic heterocycles. The number of anilines is 1. The molecular formula is C20H19N5O5. The molecule has 10 nitrogen and oxygen atoms in total. The maximum Gasteiger partial charge on any atom is 0.373 e. The van der Waals surface area contributed by atoms with Crippen LogP contribution in [0.1, 0.15) is 12.8 Å². The van der Waals surface area contributed by atoms with Crippen LogP contribution >= 0.6 is 0 Å². The maximum absolute atomic E-state index is 11.9. The predicted octanol–water partition coefficient (Wildman–Crippen LogP) is 3.11. The van der Waals surface area contributed by atoms with Gasteiger partial charge in [0.2, 0.25) is 5.82 Å². The number of fused-ring (bicyclic) bond motifs is 1. The minimum Gasteiger partial charge on any atom is -0.469 e. The normalized spacial score (nSPS) is 14.5. The van der Waals surface area contributed by atoms with Crippen LogP contribution in [-0.2, 0) is 9.53 Å². The van der Waals surface area contributed by atoms with Gasteiger partial charge < -0.3 is 14.4 Å². The number of nitrogens with zero attached hydrogens (tertiary/aromatic N) is 5. The van der Waals surface area contributed by atoms with Gasteiger partial charge in [0, 0.05) is 24.7 Å². The van der Waals surface area contributed by atoms with E-state index in [0.717, 1.165) is 5.39 Å². The number of piperidine rings is 1. The Morgan fingerprint density at radius 2 is 1.93 bits per heavy atom. The minimum absolute atomic E-state index is 0.154. The first-order chi connectivity index (χ1) is 14.6. The van der Waals surface area contributed by atoms with Gasteiger partial charge in [-0.2, -0.15) is 4.98 Å². The van der Waals surface area contributed by atoms with Crippen LogP contribution in [-0.4, -0.2) is 46.0 Å². The van der Waals surface area contributed by atoms with Gasteiger partial charge in [-0.1, -0.05) is 18.2 Å². The highest BCUT2D eigenvalue weighted by atomic mass is 16.6. The van der Waals surface area contributed by atoms with Crippen LogP contribution in [0.4, 0.5) is 11.5 Å². The number of benzene rings is 1. The lowest BCUT2D eigenvalue weighted by atomic mass is 9.97. The van der Waals surface area contributed by atoms with Gasteiger partial charge in [0.1, 0.15) is 11.8 Å². The fraction of sp³-hybridized carbons (Fsp3) is 0.300. The Labute approximate surface area is 171 Å². The van der Waals surface area contributed by atoms with E-state index in [1.807, 2.05) is 12.1 Å². The van der Waals surface area contributed by atoms with Gasteiger partial charge in [0.15, 0.2) is 5.75 Å². The molecule has 3 heterocycles. The summed E-state index contributed by atoms with van der Waals surface area (Å²) in [6, 6.07) is 9.02. The molecule has 0 unspecified atom stereocenters. The third-order valence-corrected chi connectivity index (χ3v) is 5.08. The van der Waals surface area contributed by atoms with Gasteiger partial charge in [-0.3, -0.25) is 19.9 Å². The van der Waals surface area contributed by atoms with Gasteiger partial charge in [-0.05, 0) is 25.0 Å². The zero-order chi connectivity index (χ0) is 21.1. The Bertz CT molecular complexity index is 1090. The summed E-state index contributed by atoms with van der Waals surface area (Å²) >= 11 is 0. The maximum atomic E-state index is 11.9. The molecule has 0 spiro atoms. The van der Waals surface area contributed by atoms with Gasteiger partial charge in [-0.25, -0.2) is 4.98 Å². The number of methoxy groups -OCH3 is 1. The second-order valence-electron chi connectivity index (χ2n) is 6.83. The topological polar surface area (TPSA) is 121 Å². The van der Waals surface area contributed by atoms with Crippen molar-refractivity contribution in [1.82, 2.24) is 15.0 Å². The smallest absolute Gasteiger partial charge is 0.373 e. The zero-order valence-electron chi connectivity index (χ0n) is 16.2. The number of carbonyl (C=O) groups excluding carboxylic acids is 1. The molecule has 0 saturated carbocycles. The lowest BCUT2D eigenvalue weighted by molar-refractivity contribution is -0.385. The van der Waals surface area contributed by atoms with E-state index in [2.05, 4.69) is 15.0 Å². The van der Waals surface area contributed by atoms with Crippen molar-refractivity contribution in [1.29, 1.82) is 0 Å². The highest BCUT2D eigenvalue weighted by molar-refractivity contribution is 5.84. The molecule has 1 saturated heterocycles. The molecule has 0 atom stereocenters. The number of pyridine rings is 1. The summed E-state index contributed by atoms with van der Waals surface area (Å²) in [4.78, 5) is 37.3. The quantitative estimate of drug-likeness (QED) is 0.355. The van der Waals surface area contributed by atoms with Crippen molar-refractivity contribution in [2.45, 2.75) is 12.8 Å². The molecule has 1 aliphatic rings. The van der Waals surface area contributed by atoms with Crippen molar-refractivity contribution in [2.75, 3.05) is 25.1 Å². The number of aromatic nitrogens is 3. The van der Waals surface area contributed by atoms with Crippen LogP contribution < -0.4 is 9.64 Å². The molecule has 154 valence electrons. The summed E-state index contributed by atoms with van der Waals surface area (Å²) in [6.07, 6.45) is 3.91. The molecule has 1 fully saturated rings. The highest BCUT2D eigenvalue weighted by Crippen LogP contribution is 2.38. The molecule has 4 rings (SSSR count). The van der Waals surface area contributed by atoms with Gasteiger partial charge in [0.25, 0.3) is 0 Å². The number of carbonyl (C=O) groups is 1. The van der Waals surface area contributed by atoms with E-state index < -0.39 is 4.92 Å². The van der Waals surface area contributed by atoms with Crippen LogP contribution in [0.15, 0.2) is 42.9 Å². The van der Waals surface area contributed by atoms with E-state index in [4.69, 9.17) is 9.47 Å². The fourth-order valence-electron chi connectivity index (χ4n) is 3.58. The summed E-state index contributed by atoms with van der Waals surface area (Å²) in [5.74, 6) is -0.103. The van der Waals surface area contributed by atoms with E-state index in [0.29, 0.717) is 37.2 Å². The first-order valence-electron chi connectivity index (χ1n) is 9.42. The number of para-hydroxylation sites is 1. The molecule has 0 N–H and O–H groups in total. The third kappa shape index (κ3) is 3.71. The largest absolute Gasteiger partial charge is 0.469 e. The third-order valence-electron chi connectivity index (χ3n) is 5.08. The van der Waals surface area contributed by atoms with E-state index in [9.17, 15) is 14.9 Å². The number of esters is 1. The van der Waals surface area contributed by atoms with E-state index in [1.54, 1.807) is 29.3 Å². The highest BCUT2D eigenvalue weighted by Gasteiger charge is 2.33. The van der Waals surface area contributed by atoms with E-state index in [-0.39, 0.29) is 29.3 Å². The minimum atomic E-state index is -0.546. The second-order valence-corrected chi connectivity index (χ2v) is 6.83. The second kappa shape index (κ2) is 8.27. The average Bonchev–Trinajstić information content (AvgIpc) is 2.78. The van der Waals surface area contributed by atoms with E-state index in [1.165, 1.54) is 13.4 Å². The van der Waals surface area contributed by atoms with E-state index >= 15 is 0 Å². The lowest BCUT2D eigenvalue weighted by Crippen LogP contribution is -2.37. The number of hydrogen-bond acceptors (Lipinski definition) is 9. The summed E-state index contributed by atoms with van der Waals surface area (Å²) in [5, 5.41) is 12.7. The molecule has 10 heteroatoms. The SMILES string of the molecule is COC(=O)C1CCN(c2ncnc(Oc3cccc4cccnc34)c2[N+](=O)[O-])CC1.